The Morgan fingerprint density at radius 2 is 1.90 bits per heavy atom. The van der Waals surface area contributed by atoms with Crippen molar-refractivity contribution in [1.29, 1.82) is 0 Å². The van der Waals surface area contributed by atoms with Crippen LogP contribution in [0.5, 0.6) is 0 Å². The number of hydrogen-bond donors (Lipinski definition) is 2. The van der Waals surface area contributed by atoms with Crippen molar-refractivity contribution >= 4 is 16.9 Å². The number of H-pyrrole nitrogens is 1. The highest BCUT2D eigenvalue weighted by Crippen LogP contribution is 2.37. The third kappa shape index (κ3) is 3.98. The van der Waals surface area contributed by atoms with Crippen LogP contribution in [-0.2, 0) is 16.3 Å². The lowest BCUT2D eigenvalue weighted by molar-refractivity contribution is -0.137. The molecule has 0 atom stereocenters. The summed E-state index contributed by atoms with van der Waals surface area (Å²) in [6, 6.07) is 12.6. The largest absolute Gasteiger partial charge is 0.416 e. The van der Waals surface area contributed by atoms with E-state index in [1.54, 1.807) is 12.1 Å². The predicted octanol–water partition coefficient (Wildman–Crippen LogP) is 4.06. The summed E-state index contributed by atoms with van der Waals surface area (Å²) >= 11 is 0. The van der Waals surface area contributed by atoms with E-state index >= 15 is 0 Å². The van der Waals surface area contributed by atoms with Crippen LogP contribution in [0, 0.1) is 0 Å². The van der Waals surface area contributed by atoms with Crippen LogP contribution < -0.4 is 5.32 Å². The first-order valence-corrected chi connectivity index (χ1v) is 9.36. The van der Waals surface area contributed by atoms with Gasteiger partial charge < -0.3 is 15.0 Å². The highest BCUT2D eigenvalue weighted by atomic mass is 19.4. The molecule has 1 aliphatic heterocycles. The van der Waals surface area contributed by atoms with Gasteiger partial charge in [-0.2, -0.15) is 13.2 Å². The quantitative estimate of drug-likeness (QED) is 0.690. The van der Waals surface area contributed by atoms with Gasteiger partial charge in [-0.3, -0.25) is 4.79 Å². The van der Waals surface area contributed by atoms with Gasteiger partial charge in [0.15, 0.2) is 5.82 Å². The number of aromatic nitrogens is 2. The summed E-state index contributed by atoms with van der Waals surface area (Å²) in [6.07, 6.45) is -3.37. The number of imidazole rings is 1. The molecule has 152 valence electrons. The van der Waals surface area contributed by atoms with Gasteiger partial charge in [0, 0.05) is 25.2 Å². The molecule has 2 heterocycles. The minimum absolute atomic E-state index is 0.178. The first-order chi connectivity index (χ1) is 13.9. The van der Waals surface area contributed by atoms with Crippen LogP contribution in [0.2, 0.25) is 0 Å². The molecule has 0 unspecified atom stereocenters. The van der Waals surface area contributed by atoms with Gasteiger partial charge in [0.1, 0.15) is 0 Å². The molecule has 3 aromatic rings. The molecule has 1 aliphatic rings. The maximum atomic E-state index is 13.2. The summed E-state index contributed by atoms with van der Waals surface area (Å²) in [5.41, 5.74) is 0.666. The van der Waals surface area contributed by atoms with Gasteiger partial charge in [0.2, 0.25) is 0 Å². The van der Waals surface area contributed by atoms with Gasteiger partial charge in [0.25, 0.3) is 5.91 Å². The molecule has 1 amide bonds. The van der Waals surface area contributed by atoms with E-state index in [1.807, 2.05) is 18.2 Å². The zero-order valence-electron chi connectivity index (χ0n) is 15.6. The van der Waals surface area contributed by atoms with E-state index in [4.69, 9.17) is 4.74 Å². The summed E-state index contributed by atoms with van der Waals surface area (Å²) in [5, 5.41) is 2.86. The van der Waals surface area contributed by atoms with E-state index < -0.39 is 17.2 Å². The van der Waals surface area contributed by atoms with Crippen LogP contribution in [0.1, 0.15) is 34.6 Å². The smallest absolute Gasteiger partial charge is 0.381 e. The Kier molecular flexibility index (Phi) is 5.04. The molecule has 0 saturated carbocycles. The molecule has 29 heavy (non-hydrogen) atoms. The number of nitrogens with zero attached hydrogens (tertiary/aromatic N) is 1. The fourth-order valence-corrected chi connectivity index (χ4v) is 3.75. The number of aromatic amines is 1. The van der Waals surface area contributed by atoms with Crippen LogP contribution in [0.4, 0.5) is 13.2 Å². The van der Waals surface area contributed by atoms with Gasteiger partial charge >= 0.3 is 6.18 Å². The monoisotopic (exact) mass is 403 g/mol. The maximum absolute atomic E-state index is 13.2. The topological polar surface area (TPSA) is 67.0 Å². The Hall–Kier alpha value is -2.87. The fraction of sp³-hybridized carbons (Fsp3) is 0.333. The average molecular weight is 403 g/mol. The molecule has 0 spiro atoms. The predicted molar refractivity (Wildman–Crippen MR) is 102 cm³/mol. The minimum Gasteiger partial charge on any atom is -0.381 e. The molecule has 0 bridgehead atoms. The number of halogens is 3. The lowest BCUT2D eigenvalue weighted by Gasteiger charge is -2.38. The number of carbonyl (C=O) groups is 1. The number of amides is 1. The summed E-state index contributed by atoms with van der Waals surface area (Å²) in [7, 11) is 0. The van der Waals surface area contributed by atoms with Gasteiger partial charge in [-0.05, 0) is 36.6 Å². The van der Waals surface area contributed by atoms with Crippen LogP contribution in [-0.4, -0.2) is 35.6 Å². The average Bonchev–Trinajstić information content (AvgIpc) is 3.17. The van der Waals surface area contributed by atoms with Crippen molar-refractivity contribution in [2.45, 2.75) is 24.4 Å². The molecule has 1 aromatic heterocycles. The number of carbonyl (C=O) groups excluding carboxylic acids is 1. The zero-order valence-corrected chi connectivity index (χ0v) is 15.6. The molecule has 8 heteroatoms. The molecule has 0 radical (unpaired) electrons. The molecule has 1 saturated heterocycles. The first-order valence-electron chi connectivity index (χ1n) is 9.36. The van der Waals surface area contributed by atoms with Crippen molar-refractivity contribution < 1.29 is 22.7 Å². The number of hydrogen-bond acceptors (Lipinski definition) is 3. The second-order valence-corrected chi connectivity index (χ2v) is 7.26. The molecule has 1 fully saturated rings. The lowest BCUT2D eigenvalue weighted by atomic mass is 9.73. The molecule has 2 aromatic carbocycles. The Labute approximate surface area is 165 Å². The van der Waals surface area contributed by atoms with E-state index in [0.717, 1.165) is 11.6 Å². The van der Waals surface area contributed by atoms with E-state index in [-0.39, 0.29) is 18.3 Å². The Balaban J connectivity index is 1.58. The number of fused-ring (bicyclic) bond motifs is 1. The number of nitrogens with one attached hydrogen (secondary N) is 2. The van der Waals surface area contributed by atoms with E-state index in [2.05, 4.69) is 15.3 Å². The maximum Gasteiger partial charge on any atom is 0.416 e. The molecule has 5 nitrogen and oxygen atoms in total. The standard InChI is InChI=1S/C21H20F3N3O2/c22-21(23,24)15-5-3-4-14(12-15)20(8-10-29-11-9-20)13-25-19(28)18-26-16-6-1-2-7-17(16)27-18/h1-7,12H,8-11,13H2,(H,25,28)(H,26,27). The molecule has 2 N–H and O–H groups in total. The SMILES string of the molecule is O=C(NCC1(c2cccc(C(F)(F)F)c2)CCOCC1)c1nc2ccccc2[nH]1. The van der Waals surface area contributed by atoms with Crippen molar-refractivity contribution in [1.82, 2.24) is 15.3 Å². The van der Waals surface area contributed by atoms with Crippen LogP contribution >= 0.6 is 0 Å². The van der Waals surface area contributed by atoms with E-state index in [9.17, 15) is 18.0 Å². The third-order valence-corrected chi connectivity index (χ3v) is 5.44. The summed E-state index contributed by atoms with van der Waals surface area (Å²) in [6.45, 7) is 1.06. The van der Waals surface area contributed by atoms with Gasteiger partial charge in [-0.1, -0.05) is 30.3 Å². The Morgan fingerprint density at radius 1 is 1.14 bits per heavy atom. The van der Waals surface area contributed by atoms with Crippen molar-refractivity contribution in [3.8, 4) is 0 Å². The number of rotatable bonds is 4. The summed E-state index contributed by atoms with van der Waals surface area (Å²) in [4.78, 5) is 19.9. The molecular weight excluding hydrogens is 383 g/mol. The van der Waals surface area contributed by atoms with Gasteiger partial charge in [-0.25, -0.2) is 4.98 Å². The number of para-hydroxylation sites is 2. The number of ether oxygens (including phenoxy) is 1. The number of alkyl halides is 3. The fourth-order valence-electron chi connectivity index (χ4n) is 3.75. The van der Waals surface area contributed by atoms with Gasteiger partial charge in [0.05, 0.1) is 16.6 Å². The highest BCUT2D eigenvalue weighted by molar-refractivity contribution is 5.94. The highest BCUT2D eigenvalue weighted by Gasteiger charge is 2.38. The van der Waals surface area contributed by atoms with Crippen LogP contribution in [0.3, 0.4) is 0 Å². The summed E-state index contributed by atoms with van der Waals surface area (Å²) in [5.74, 6) is -0.212. The van der Waals surface area contributed by atoms with Crippen molar-refractivity contribution in [3.05, 3.63) is 65.5 Å². The van der Waals surface area contributed by atoms with Gasteiger partial charge in [-0.15, -0.1) is 0 Å². The van der Waals surface area contributed by atoms with E-state index in [0.29, 0.717) is 37.1 Å². The molecular formula is C21H20F3N3O2. The van der Waals surface area contributed by atoms with Crippen molar-refractivity contribution in [2.24, 2.45) is 0 Å². The van der Waals surface area contributed by atoms with Crippen molar-refractivity contribution in [2.75, 3.05) is 19.8 Å². The van der Waals surface area contributed by atoms with Crippen LogP contribution in [0.15, 0.2) is 48.5 Å². The third-order valence-electron chi connectivity index (χ3n) is 5.44. The molecule has 4 rings (SSSR count). The summed E-state index contributed by atoms with van der Waals surface area (Å²) < 4.78 is 45.0. The first kappa shape index (κ1) is 19.4. The zero-order chi connectivity index (χ0) is 20.5. The van der Waals surface area contributed by atoms with Crippen LogP contribution in [0.25, 0.3) is 11.0 Å². The Bertz CT molecular complexity index is 990. The second-order valence-electron chi connectivity index (χ2n) is 7.26. The Morgan fingerprint density at radius 3 is 2.62 bits per heavy atom. The van der Waals surface area contributed by atoms with Crippen molar-refractivity contribution in [3.63, 3.8) is 0 Å². The lowest BCUT2D eigenvalue weighted by Crippen LogP contribution is -2.45. The molecule has 0 aliphatic carbocycles. The second kappa shape index (κ2) is 7.51. The minimum atomic E-state index is -4.42. The number of benzene rings is 2. The van der Waals surface area contributed by atoms with E-state index in [1.165, 1.54) is 12.1 Å². The normalized spacial score (nSPS) is 16.7.